The summed E-state index contributed by atoms with van der Waals surface area (Å²) >= 11 is 0. The molecule has 256 valence electrons. The van der Waals surface area contributed by atoms with E-state index < -0.39 is 33.0 Å². The van der Waals surface area contributed by atoms with Gasteiger partial charge < -0.3 is 18.6 Å². The van der Waals surface area contributed by atoms with Crippen molar-refractivity contribution in [2.24, 2.45) is 0 Å². The van der Waals surface area contributed by atoms with E-state index in [1.165, 1.54) is 117 Å². The van der Waals surface area contributed by atoms with Gasteiger partial charge in [0, 0.05) is 13.2 Å². The number of rotatable bonds is 30. The molecule has 0 aromatic heterocycles. The maximum Gasteiger partial charge on any atom is 2.00 e. The zero-order chi connectivity index (χ0) is 32.0. The molecule has 0 heterocycles. The Labute approximate surface area is 281 Å². The molecule has 0 amide bonds. The molecule has 2 unspecified atom stereocenters. The quantitative estimate of drug-likeness (QED) is 0.0332. The minimum atomic E-state index is -4.62. The van der Waals surface area contributed by atoms with E-state index in [1.54, 1.807) is 0 Å². The Morgan fingerprint density at radius 1 is 0.465 bits per heavy atom. The molecule has 0 bridgehead atoms. The zero-order valence-corrected chi connectivity index (χ0v) is 30.8. The SMILES string of the molecule is CCCCCCCCCCCCOCC(C)OS(=O)(=O)[O-].CCCCCCCCCCCCOCC(C)OS(=O)(=O)[O-].[Mg+2]. The monoisotopic (exact) mass is 670 g/mol. The van der Waals surface area contributed by atoms with E-state index in [-0.39, 0.29) is 36.3 Å². The van der Waals surface area contributed by atoms with Gasteiger partial charge in [0.1, 0.15) is 0 Å². The van der Waals surface area contributed by atoms with Crippen molar-refractivity contribution in [3.05, 3.63) is 0 Å². The van der Waals surface area contributed by atoms with Crippen LogP contribution in [0.15, 0.2) is 0 Å². The minimum Gasteiger partial charge on any atom is -0.726 e. The number of hydrogen-bond acceptors (Lipinski definition) is 10. The summed E-state index contributed by atoms with van der Waals surface area (Å²) < 4.78 is 81.0. The van der Waals surface area contributed by atoms with Crippen LogP contribution in [0.25, 0.3) is 0 Å². The molecule has 0 rings (SSSR count). The Morgan fingerprint density at radius 3 is 0.930 bits per heavy atom. The van der Waals surface area contributed by atoms with Crippen LogP contribution >= 0.6 is 0 Å². The van der Waals surface area contributed by atoms with Crippen molar-refractivity contribution in [2.75, 3.05) is 26.4 Å². The molecule has 13 heteroatoms. The molecule has 0 aromatic rings. The molecule has 43 heavy (non-hydrogen) atoms. The molecule has 0 radical (unpaired) electrons. The first-order valence-electron chi connectivity index (χ1n) is 16.3. The Balaban J connectivity index is -0.000000727. The Bertz CT molecular complexity index is 703. The standard InChI is InChI=1S/2C15H32O5S.Mg/c2*1-3-4-5-6-7-8-9-10-11-12-13-19-14-15(2)20-21(16,17)18;/h2*15H,3-14H2,1-2H3,(H,16,17,18);/q;;+2/p-2. The van der Waals surface area contributed by atoms with Crippen LogP contribution in [0, 0.1) is 0 Å². The fourth-order valence-corrected chi connectivity index (χ4v) is 5.26. The van der Waals surface area contributed by atoms with Crippen LogP contribution in [0.4, 0.5) is 0 Å². The van der Waals surface area contributed by atoms with Crippen molar-refractivity contribution in [1.29, 1.82) is 0 Å². The molecule has 0 fully saturated rings. The fraction of sp³-hybridized carbons (Fsp3) is 1.00. The normalized spacial score (nSPS) is 13.2. The Hall–Kier alpha value is 0.426. The van der Waals surface area contributed by atoms with Gasteiger partial charge in [-0.2, -0.15) is 0 Å². The summed E-state index contributed by atoms with van der Waals surface area (Å²) in [4.78, 5) is 0. The maximum absolute atomic E-state index is 10.3. The second kappa shape index (κ2) is 33.8. The number of unbranched alkanes of at least 4 members (excludes halogenated alkanes) is 18. The van der Waals surface area contributed by atoms with Crippen molar-refractivity contribution < 1.29 is 43.8 Å². The Kier molecular flexibility index (Phi) is 37.6. The zero-order valence-electron chi connectivity index (χ0n) is 27.7. The van der Waals surface area contributed by atoms with Crippen LogP contribution in [0.1, 0.15) is 156 Å². The van der Waals surface area contributed by atoms with E-state index in [2.05, 4.69) is 22.2 Å². The van der Waals surface area contributed by atoms with E-state index in [4.69, 9.17) is 9.47 Å². The largest absolute Gasteiger partial charge is 2.00 e. The minimum absolute atomic E-state index is 0. The van der Waals surface area contributed by atoms with E-state index in [9.17, 15) is 25.9 Å². The van der Waals surface area contributed by atoms with Gasteiger partial charge in [-0.05, 0) is 26.7 Å². The van der Waals surface area contributed by atoms with E-state index in [0.29, 0.717) is 13.2 Å². The van der Waals surface area contributed by atoms with E-state index in [1.807, 2.05) is 0 Å². The molecular formula is C30H62MgO10S2. The van der Waals surface area contributed by atoms with Gasteiger partial charge in [0.2, 0.25) is 20.8 Å². The van der Waals surface area contributed by atoms with Gasteiger partial charge in [-0.15, -0.1) is 0 Å². The first kappa shape index (κ1) is 47.8. The number of ether oxygens (including phenoxy) is 2. The summed E-state index contributed by atoms with van der Waals surface area (Å²) in [6, 6.07) is 0. The molecule has 0 aliphatic rings. The third-order valence-corrected chi connectivity index (χ3v) is 7.68. The van der Waals surface area contributed by atoms with E-state index in [0.717, 1.165) is 25.7 Å². The van der Waals surface area contributed by atoms with Gasteiger partial charge >= 0.3 is 23.1 Å². The topological polar surface area (TPSA) is 151 Å². The van der Waals surface area contributed by atoms with E-state index >= 15 is 0 Å². The second-order valence-corrected chi connectivity index (χ2v) is 13.2. The second-order valence-electron chi connectivity index (χ2n) is 11.1. The molecule has 0 aliphatic carbocycles. The van der Waals surface area contributed by atoms with Crippen LogP contribution < -0.4 is 0 Å². The summed E-state index contributed by atoms with van der Waals surface area (Å²) in [5, 5.41) is 0. The van der Waals surface area contributed by atoms with Gasteiger partial charge in [-0.1, -0.05) is 129 Å². The molecule has 0 spiro atoms. The van der Waals surface area contributed by atoms with Gasteiger partial charge in [-0.25, -0.2) is 16.8 Å². The third-order valence-electron chi connectivity index (χ3n) is 6.55. The third kappa shape index (κ3) is 47.0. The van der Waals surface area contributed by atoms with Gasteiger partial charge in [0.25, 0.3) is 0 Å². The summed E-state index contributed by atoms with van der Waals surface area (Å²) in [5.41, 5.74) is 0. The van der Waals surface area contributed by atoms with Crippen molar-refractivity contribution in [3.63, 3.8) is 0 Å². The van der Waals surface area contributed by atoms with Crippen LogP contribution in [-0.2, 0) is 38.6 Å². The fourth-order valence-electron chi connectivity index (χ4n) is 4.34. The van der Waals surface area contributed by atoms with Gasteiger partial charge in [0.05, 0.1) is 25.4 Å². The molecule has 0 N–H and O–H groups in total. The van der Waals surface area contributed by atoms with Crippen LogP contribution in [0.2, 0.25) is 0 Å². The average Bonchev–Trinajstić information content (AvgIpc) is 2.88. The van der Waals surface area contributed by atoms with Crippen molar-refractivity contribution in [2.45, 2.75) is 168 Å². The molecular weight excluding hydrogens is 609 g/mol. The van der Waals surface area contributed by atoms with Crippen molar-refractivity contribution in [1.82, 2.24) is 0 Å². The predicted octanol–water partition coefficient (Wildman–Crippen LogP) is 7.20. The predicted molar refractivity (Wildman–Crippen MR) is 172 cm³/mol. The summed E-state index contributed by atoms with van der Waals surface area (Å²) in [7, 11) is -9.24. The first-order valence-corrected chi connectivity index (χ1v) is 19.0. The number of hydrogen-bond donors (Lipinski definition) is 0. The summed E-state index contributed by atoms with van der Waals surface area (Å²) in [6.07, 6.45) is 23.8. The average molecular weight is 671 g/mol. The molecule has 0 aromatic carbocycles. The van der Waals surface area contributed by atoms with Crippen molar-refractivity contribution in [3.8, 4) is 0 Å². The maximum atomic E-state index is 10.3. The molecule has 2 atom stereocenters. The van der Waals surface area contributed by atoms with Crippen LogP contribution in [-0.4, -0.2) is 87.6 Å². The van der Waals surface area contributed by atoms with Crippen molar-refractivity contribution >= 4 is 43.9 Å². The van der Waals surface area contributed by atoms with Gasteiger partial charge in [0.15, 0.2) is 0 Å². The summed E-state index contributed by atoms with van der Waals surface area (Å²) in [6.45, 7) is 8.93. The first-order chi connectivity index (χ1) is 19.9. The van der Waals surface area contributed by atoms with Crippen LogP contribution in [0.3, 0.4) is 0 Å². The smallest absolute Gasteiger partial charge is 0.726 e. The van der Waals surface area contributed by atoms with Gasteiger partial charge in [-0.3, -0.25) is 8.37 Å². The van der Waals surface area contributed by atoms with Crippen LogP contribution in [0.5, 0.6) is 0 Å². The molecule has 0 aliphatic heterocycles. The molecule has 0 saturated heterocycles. The molecule has 10 nitrogen and oxygen atoms in total. The Morgan fingerprint density at radius 2 is 0.698 bits per heavy atom. The summed E-state index contributed by atoms with van der Waals surface area (Å²) in [5.74, 6) is 0. The molecule has 0 saturated carbocycles.